The van der Waals surface area contributed by atoms with Crippen LogP contribution in [0, 0.1) is 0 Å². The van der Waals surface area contributed by atoms with Crippen molar-refractivity contribution in [3.63, 3.8) is 0 Å². The van der Waals surface area contributed by atoms with Crippen molar-refractivity contribution in [3.8, 4) is 0 Å². The number of ether oxygens (including phenoxy) is 1. The largest absolute Gasteiger partial charge is 0.463 e. The Morgan fingerprint density at radius 3 is 3.00 bits per heavy atom. The average molecular weight is 216 g/mol. The molecule has 0 amide bonds. The van der Waals surface area contributed by atoms with Crippen molar-refractivity contribution in [2.24, 2.45) is 0 Å². The molecule has 1 aromatic heterocycles. The summed E-state index contributed by atoms with van der Waals surface area (Å²) < 4.78 is 10.7. The van der Waals surface area contributed by atoms with Crippen molar-refractivity contribution < 1.29 is 13.9 Å². The van der Waals surface area contributed by atoms with Crippen molar-refractivity contribution in [1.82, 2.24) is 0 Å². The molecule has 2 heterocycles. The molecule has 0 N–H and O–H groups in total. The summed E-state index contributed by atoms with van der Waals surface area (Å²) in [7, 11) is 0. The lowest BCUT2D eigenvalue weighted by atomic mass is 10.0. The SMILES string of the molecule is CCC[C@@H]1OC(=O)c2c1ccc1ccoc21. The van der Waals surface area contributed by atoms with Crippen molar-refractivity contribution in [2.75, 3.05) is 0 Å². The maximum absolute atomic E-state index is 11.8. The second-order valence-electron chi connectivity index (χ2n) is 4.05. The molecule has 0 saturated heterocycles. The molecule has 0 saturated carbocycles. The van der Waals surface area contributed by atoms with E-state index in [9.17, 15) is 4.79 Å². The molecule has 0 spiro atoms. The van der Waals surface area contributed by atoms with E-state index in [0.29, 0.717) is 11.1 Å². The van der Waals surface area contributed by atoms with Gasteiger partial charge in [-0.25, -0.2) is 4.79 Å². The molecule has 0 aliphatic carbocycles. The molecule has 3 rings (SSSR count). The molecule has 1 atom stereocenters. The Balaban J connectivity index is 2.21. The van der Waals surface area contributed by atoms with E-state index in [-0.39, 0.29) is 12.1 Å². The molecule has 1 aromatic carbocycles. The molecular weight excluding hydrogens is 204 g/mol. The molecule has 1 aliphatic heterocycles. The van der Waals surface area contributed by atoms with E-state index in [1.165, 1.54) is 0 Å². The van der Waals surface area contributed by atoms with Gasteiger partial charge in [0.05, 0.1) is 6.26 Å². The fourth-order valence-electron chi connectivity index (χ4n) is 2.25. The number of hydrogen-bond donors (Lipinski definition) is 0. The van der Waals surface area contributed by atoms with Crippen LogP contribution in [0.3, 0.4) is 0 Å². The third-order valence-electron chi connectivity index (χ3n) is 3.01. The molecule has 82 valence electrons. The van der Waals surface area contributed by atoms with Crippen LogP contribution >= 0.6 is 0 Å². The number of esters is 1. The summed E-state index contributed by atoms with van der Waals surface area (Å²) in [6.45, 7) is 2.08. The van der Waals surface area contributed by atoms with Gasteiger partial charge in [0, 0.05) is 10.9 Å². The predicted molar refractivity (Wildman–Crippen MR) is 59.3 cm³/mol. The highest BCUT2D eigenvalue weighted by Gasteiger charge is 2.33. The topological polar surface area (TPSA) is 39.4 Å². The highest BCUT2D eigenvalue weighted by Crippen LogP contribution is 2.38. The zero-order chi connectivity index (χ0) is 11.1. The van der Waals surface area contributed by atoms with Crippen LogP contribution in [0.2, 0.25) is 0 Å². The molecule has 0 unspecified atom stereocenters. The van der Waals surface area contributed by atoms with E-state index < -0.39 is 0 Å². The van der Waals surface area contributed by atoms with Crippen molar-refractivity contribution >= 4 is 16.9 Å². The number of furan rings is 1. The molecule has 3 heteroatoms. The second-order valence-corrected chi connectivity index (χ2v) is 4.05. The number of rotatable bonds is 2. The first-order chi connectivity index (χ1) is 7.81. The van der Waals surface area contributed by atoms with Crippen molar-refractivity contribution in [1.29, 1.82) is 0 Å². The summed E-state index contributed by atoms with van der Waals surface area (Å²) >= 11 is 0. The molecule has 1 aliphatic rings. The van der Waals surface area contributed by atoms with E-state index in [1.807, 2.05) is 18.2 Å². The number of hydrogen-bond acceptors (Lipinski definition) is 3. The molecule has 0 bridgehead atoms. The lowest BCUT2D eigenvalue weighted by molar-refractivity contribution is 0.0368. The smallest absolute Gasteiger partial charge is 0.343 e. The summed E-state index contributed by atoms with van der Waals surface area (Å²) in [4.78, 5) is 11.8. The summed E-state index contributed by atoms with van der Waals surface area (Å²) in [5.74, 6) is -0.256. The zero-order valence-electron chi connectivity index (χ0n) is 9.03. The van der Waals surface area contributed by atoms with Crippen LogP contribution in [0.25, 0.3) is 11.0 Å². The number of cyclic esters (lactones) is 1. The Labute approximate surface area is 93.0 Å². The fraction of sp³-hybridized carbons (Fsp3) is 0.308. The lowest BCUT2D eigenvalue weighted by Gasteiger charge is -2.07. The van der Waals surface area contributed by atoms with E-state index in [2.05, 4.69) is 6.92 Å². The van der Waals surface area contributed by atoms with Crippen LogP contribution in [0.15, 0.2) is 28.9 Å². The van der Waals surface area contributed by atoms with Gasteiger partial charge in [0.1, 0.15) is 17.3 Å². The van der Waals surface area contributed by atoms with Gasteiger partial charge in [-0.2, -0.15) is 0 Å². The maximum Gasteiger partial charge on any atom is 0.343 e. The first-order valence-corrected chi connectivity index (χ1v) is 5.52. The summed E-state index contributed by atoms with van der Waals surface area (Å²) in [6, 6.07) is 5.80. The Kier molecular flexibility index (Phi) is 1.99. The van der Waals surface area contributed by atoms with Gasteiger partial charge >= 0.3 is 5.97 Å². The summed E-state index contributed by atoms with van der Waals surface area (Å²) in [5, 5.41) is 0.952. The summed E-state index contributed by atoms with van der Waals surface area (Å²) in [6.07, 6.45) is 3.37. The molecule has 0 fully saturated rings. The quantitative estimate of drug-likeness (QED) is 0.722. The Morgan fingerprint density at radius 2 is 2.19 bits per heavy atom. The van der Waals surface area contributed by atoms with Crippen LogP contribution in [0.4, 0.5) is 0 Å². The fourth-order valence-corrected chi connectivity index (χ4v) is 2.25. The number of carbonyl (C=O) groups is 1. The minimum Gasteiger partial charge on any atom is -0.463 e. The second kappa shape index (κ2) is 3.37. The minimum atomic E-state index is -0.256. The first kappa shape index (κ1) is 9.46. The van der Waals surface area contributed by atoms with Gasteiger partial charge < -0.3 is 9.15 Å². The van der Waals surface area contributed by atoms with Crippen molar-refractivity contribution in [3.05, 3.63) is 35.6 Å². The predicted octanol–water partition coefficient (Wildman–Crippen LogP) is 3.44. The third-order valence-corrected chi connectivity index (χ3v) is 3.01. The molecule has 0 radical (unpaired) electrons. The lowest BCUT2D eigenvalue weighted by Crippen LogP contribution is -1.97. The Bertz CT molecular complexity index is 553. The minimum absolute atomic E-state index is 0.0954. The number of carbonyl (C=O) groups excluding carboxylic acids is 1. The first-order valence-electron chi connectivity index (χ1n) is 5.52. The molecule has 2 aromatic rings. The molecule has 3 nitrogen and oxygen atoms in total. The standard InChI is InChI=1S/C13H12O3/c1-2-3-10-9-5-4-8-6-7-15-12(8)11(9)13(14)16-10/h4-7,10H,2-3H2,1H3/t10-/m0/s1. The van der Waals surface area contributed by atoms with E-state index in [4.69, 9.17) is 9.15 Å². The van der Waals surface area contributed by atoms with Crippen LogP contribution in [-0.4, -0.2) is 5.97 Å². The van der Waals surface area contributed by atoms with E-state index >= 15 is 0 Å². The van der Waals surface area contributed by atoms with Crippen LogP contribution in [0.1, 0.15) is 41.8 Å². The highest BCUT2D eigenvalue weighted by atomic mass is 16.5. The maximum atomic E-state index is 11.8. The van der Waals surface area contributed by atoms with Gasteiger partial charge in [-0.15, -0.1) is 0 Å². The number of benzene rings is 1. The summed E-state index contributed by atoms with van der Waals surface area (Å²) in [5.41, 5.74) is 2.23. The van der Waals surface area contributed by atoms with Gasteiger partial charge in [-0.3, -0.25) is 0 Å². The van der Waals surface area contributed by atoms with Crippen LogP contribution in [0.5, 0.6) is 0 Å². The van der Waals surface area contributed by atoms with Crippen LogP contribution in [-0.2, 0) is 4.74 Å². The number of fused-ring (bicyclic) bond motifs is 3. The van der Waals surface area contributed by atoms with Gasteiger partial charge in [0.2, 0.25) is 0 Å². The van der Waals surface area contributed by atoms with E-state index in [1.54, 1.807) is 6.26 Å². The zero-order valence-corrected chi connectivity index (χ0v) is 9.03. The van der Waals surface area contributed by atoms with Gasteiger partial charge in [-0.05, 0) is 12.5 Å². The Hall–Kier alpha value is -1.77. The highest BCUT2D eigenvalue weighted by molar-refractivity contribution is 6.05. The molecule has 16 heavy (non-hydrogen) atoms. The van der Waals surface area contributed by atoms with Gasteiger partial charge in [0.15, 0.2) is 0 Å². The average Bonchev–Trinajstić information content (AvgIpc) is 2.84. The monoisotopic (exact) mass is 216 g/mol. The molecular formula is C13H12O3. The van der Waals surface area contributed by atoms with Gasteiger partial charge in [0.25, 0.3) is 0 Å². The normalized spacial score (nSPS) is 18.8. The van der Waals surface area contributed by atoms with Crippen LogP contribution < -0.4 is 0 Å². The Morgan fingerprint density at radius 1 is 1.31 bits per heavy atom. The van der Waals surface area contributed by atoms with Gasteiger partial charge in [-0.1, -0.05) is 25.5 Å². The van der Waals surface area contributed by atoms with Crippen molar-refractivity contribution in [2.45, 2.75) is 25.9 Å². The third kappa shape index (κ3) is 1.18. The van der Waals surface area contributed by atoms with E-state index in [0.717, 1.165) is 23.8 Å².